The molecule has 3 aromatic rings. The summed E-state index contributed by atoms with van der Waals surface area (Å²) in [7, 11) is 0. The van der Waals surface area contributed by atoms with E-state index in [9.17, 15) is 0 Å². The third-order valence-corrected chi connectivity index (χ3v) is 3.69. The van der Waals surface area contributed by atoms with Crippen LogP contribution in [0.3, 0.4) is 0 Å². The minimum absolute atomic E-state index is 0.179. The molecule has 0 aliphatic rings. The summed E-state index contributed by atoms with van der Waals surface area (Å²) in [5, 5.41) is 0.520. The minimum Gasteiger partial charge on any atom is -0.295 e. The summed E-state index contributed by atoms with van der Waals surface area (Å²) in [6.07, 6.45) is 0. The van der Waals surface area contributed by atoms with E-state index in [1.54, 1.807) is 0 Å². The molecule has 0 spiro atoms. The lowest BCUT2D eigenvalue weighted by Gasteiger charge is -2.11. The van der Waals surface area contributed by atoms with Crippen LogP contribution in [-0.4, -0.2) is 9.55 Å². The van der Waals surface area contributed by atoms with Crippen LogP contribution in [0.2, 0.25) is 5.02 Å². The van der Waals surface area contributed by atoms with Gasteiger partial charge in [0.05, 0.1) is 16.4 Å². The highest BCUT2D eigenvalue weighted by Crippen LogP contribution is 2.29. The van der Waals surface area contributed by atoms with Crippen molar-refractivity contribution in [2.75, 3.05) is 0 Å². The summed E-state index contributed by atoms with van der Waals surface area (Å²) in [6, 6.07) is 13.9. The molecule has 0 saturated carbocycles. The smallest absolute Gasteiger partial charge is 0.132 e. The predicted molar refractivity (Wildman–Crippen MR) is 85.1 cm³/mol. The molecule has 1 unspecified atom stereocenters. The lowest BCUT2D eigenvalue weighted by atomic mass is 10.2. The SMILES string of the molecule is Cc1ccc2nc(C(C)Cl)n(-c3cccc(Cl)c3)c2c1. The number of hydrogen-bond acceptors (Lipinski definition) is 1. The van der Waals surface area contributed by atoms with Gasteiger partial charge in [-0.3, -0.25) is 4.57 Å². The Morgan fingerprint density at radius 2 is 1.95 bits per heavy atom. The number of hydrogen-bond donors (Lipinski definition) is 0. The maximum atomic E-state index is 6.29. The van der Waals surface area contributed by atoms with Crippen molar-refractivity contribution in [3.05, 3.63) is 58.9 Å². The van der Waals surface area contributed by atoms with E-state index >= 15 is 0 Å². The second-order valence-corrected chi connectivity index (χ2v) is 5.98. The molecule has 0 N–H and O–H groups in total. The van der Waals surface area contributed by atoms with Crippen LogP contribution in [0, 0.1) is 6.92 Å². The van der Waals surface area contributed by atoms with Gasteiger partial charge in [-0.1, -0.05) is 23.7 Å². The highest BCUT2D eigenvalue weighted by Gasteiger charge is 2.16. The molecule has 0 radical (unpaired) electrons. The number of halogens is 2. The number of aryl methyl sites for hydroxylation is 1. The van der Waals surface area contributed by atoms with Crippen LogP contribution < -0.4 is 0 Å². The van der Waals surface area contributed by atoms with E-state index in [0.717, 1.165) is 22.5 Å². The van der Waals surface area contributed by atoms with Gasteiger partial charge in [0.25, 0.3) is 0 Å². The first-order chi connectivity index (χ1) is 9.56. The number of benzene rings is 2. The molecule has 20 heavy (non-hydrogen) atoms. The van der Waals surface area contributed by atoms with Gasteiger partial charge in [-0.15, -0.1) is 11.6 Å². The first kappa shape index (κ1) is 13.5. The molecular formula is C16H14Cl2N2. The first-order valence-electron chi connectivity index (χ1n) is 6.45. The fraction of sp³-hybridized carbons (Fsp3) is 0.188. The summed E-state index contributed by atoms with van der Waals surface area (Å²) in [5.74, 6) is 0.828. The van der Waals surface area contributed by atoms with E-state index in [1.165, 1.54) is 5.56 Å². The zero-order valence-corrected chi connectivity index (χ0v) is 12.8. The van der Waals surface area contributed by atoms with Crippen LogP contribution in [0.5, 0.6) is 0 Å². The van der Waals surface area contributed by atoms with Gasteiger partial charge in [-0.2, -0.15) is 0 Å². The molecule has 0 aliphatic heterocycles. The van der Waals surface area contributed by atoms with Crippen molar-refractivity contribution in [2.24, 2.45) is 0 Å². The van der Waals surface area contributed by atoms with Gasteiger partial charge in [0.2, 0.25) is 0 Å². The third kappa shape index (κ3) is 2.30. The highest BCUT2D eigenvalue weighted by atomic mass is 35.5. The van der Waals surface area contributed by atoms with Gasteiger partial charge in [0.15, 0.2) is 0 Å². The van der Waals surface area contributed by atoms with E-state index < -0.39 is 0 Å². The number of aromatic nitrogens is 2. The normalized spacial score (nSPS) is 12.8. The van der Waals surface area contributed by atoms with Crippen LogP contribution in [0.15, 0.2) is 42.5 Å². The van der Waals surface area contributed by atoms with E-state index in [4.69, 9.17) is 23.2 Å². The fourth-order valence-corrected chi connectivity index (χ4v) is 2.69. The molecule has 102 valence electrons. The maximum absolute atomic E-state index is 6.29. The fourth-order valence-electron chi connectivity index (χ4n) is 2.36. The largest absolute Gasteiger partial charge is 0.295 e. The Balaban J connectivity index is 2.36. The Hall–Kier alpha value is -1.51. The number of alkyl halides is 1. The molecule has 1 heterocycles. The summed E-state index contributed by atoms with van der Waals surface area (Å²) < 4.78 is 2.08. The molecule has 1 aromatic heterocycles. The summed E-state index contributed by atoms with van der Waals surface area (Å²) in [6.45, 7) is 4.00. The van der Waals surface area contributed by atoms with Crippen molar-refractivity contribution in [3.63, 3.8) is 0 Å². The molecule has 0 amide bonds. The molecule has 0 fully saturated rings. The van der Waals surface area contributed by atoms with Crippen molar-refractivity contribution < 1.29 is 0 Å². The van der Waals surface area contributed by atoms with E-state index in [1.807, 2.05) is 37.3 Å². The molecule has 3 rings (SSSR count). The molecule has 0 aliphatic carbocycles. The standard InChI is InChI=1S/C16H14Cl2N2/c1-10-6-7-14-15(8-10)20(16(19-14)11(2)17)13-5-3-4-12(18)9-13/h3-9,11H,1-2H3. The van der Waals surface area contributed by atoms with Crippen molar-refractivity contribution in [1.29, 1.82) is 0 Å². The maximum Gasteiger partial charge on any atom is 0.132 e. The van der Waals surface area contributed by atoms with Crippen molar-refractivity contribution in [1.82, 2.24) is 9.55 Å². The molecule has 0 bridgehead atoms. The van der Waals surface area contributed by atoms with Gasteiger partial charge in [0.1, 0.15) is 5.82 Å². The molecular weight excluding hydrogens is 291 g/mol. The number of imidazole rings is 1. The average Bonchev–Trinajstić information content (AvgIpc) is 2.77. The molecule has 2 nitrogen and oxygen atoms in total. The Kier molecular flexibility index (Phi) is 3.45. The second-order valence-electron chi connectivity index (χ2n) is 4.89. The first-order valence-corrected chi connectivity index (χ1v) is 7.27. The lowest BCUT2D eigenvalue weighted by molar-refractivity contribution is 0.882. The van der Waals surface area contributed by atoms with Crippen molar-refractivity contribution in [3.8, 4) is 5.69 Å². The number of rotatable bonds is 2. The lowest BCUT2D eigenvalue weighted by Crippen LogP contribution is -2.01. The average molecular weight is 305 g/mol. The second kappa shape index (κ2) is 5.12. The predicted octanol–water partition coefficient (Wildman–Crippen LogP) is 5.29. The van der Waals surface area contributed by atoms with Crippen LogP contribution in [0.25, 0.3) is 16.7 Å². The number of fused-ring (bicyclic) bond motifs is 1. The van der Waals surface area contributed by atoms with Crippen LogP contribution >= 0.6 is 23.2 Å². The van der Waals surface area contributed by atoms with Gasteiger partial charge in [-0.25, -0.2) is 4.98 Å². The van der Waals surface area contributed by atoms with Crippen LogP contribution in [0.4, 0.5) is 0 Å². The minimum atomic E-state index is -0.179. The van der Waals surface area contributed by atoms with Gasteiger partial charge < -0.3 is 0 Å². The molecule has 2 aromatic carbocycles. The Bertz CT molecular complexity index is 775. The summed E-state index contributed by atoms with van der Waals surface area (Å²) in [4.78, 5) is 4.65. The quantitative estimate of drug-likeness (QED) is 0.588. The van der Waals surface area contributed by atoms with E-state index in [0.29, 0.717) is 5.02 Å². The van der Waals surface area contributed by atoms with Crippen molar-refractivity contribution >= 4 is 34.2 Å². The Morgan fingerprint density at radius 3 is 2.65 bits per heavy atom. The number of nitrogens with zero attached hydrogens (tertiary/aromatic N) is 2. The van der Waals surface area contributed by atoms with Crippen molar-refractivity contribution in [2.45, 2.75) is 19.2 Å². The van der Waals surface area contributed by atoms with Crippen LogP contribution in [0.1, 0.15) is 23.7 Å². The molecule has 0 saturated heterocycles. The topological polar surface area (TPSA) is 17.8 Å². The van der Waals surface area contributed by atoms with Gasteiger partial charge in [0, 0.05) is 10.7 Å². The van der Waals surface area contributed by atoms with Crippen LogP contribution in [-0.2, 0) is 0 Å². The van der Waals surface area contributed by atoms with Gasteiger partial charge >= 0.3 is 0 Å². The summed E-state index contributed by atoms with van der Waals surface area (Å²) in [5.41, 5.74) is 4.16. The Morgan fingerprint density at radius 1 is 1.15 bits per heavy atom. The molecule has 4 heteroatoms. The van der Waals surface area contributed by atoms with E-state index in [2.05, 4.69) is 28.6 Å². The summed E-state index contributed by atoms with van der Waals surface area (Å²) >= 11 is 12.4. The third-order valence-electron chi connectivity index (χ3n) is 3.26. The highest BCUT2D eigenvalue weighted by molar-refractivity contribution is 6.30. The zero-order chi connectivity index (χ0) is 14.3. The monoisotopic (exact) mass is 304 g/mol. The van der Waals surface area contributed by atoms with E-state index in [-0.39, 0.29) is 5.38 Å². The Labute approximate surface area is 128 Å². The zero-order valence-electron chi connectivity index (χ0n) is 11.3. The molecule has 1 atom stereocenters. The van der Waals surface area contributed by atoms with Gasteiger partial charge in [-0.05, 0) is 49.7 Å².